The van der Waals surface area contributed by atoms with Crippen LogP contribution in [-0.4, -0.2) is 22.1 Å². The van der Waals surface area contributed by atoms with Gasteiger partial charge in [0, 0.05) is 10.7 Å². The molecule has 0 spiro atoms. The van der Waals surface area contributed by atoms with Crippen molar-refractivity contribution in [1.29, 1.82) is 0 Å². The first-order valence-corrected chi connectivity index (χ1v) is 7.64. The monoisotopic (exact) mass is 373 g/mol. The summed E-state index contributed by atoms with van der Waals surface area (Å²) in [6.45, 7) is 1.96. The van der Waals surface area contributed by atoms with Gasteiger partial charge in [-0.25, -0.2) is 0 Å². The Kier molecular flexibility index (Phi) is 5.09. The summed E-state index contributed by atoms with van der Waals surface area (Å²) in [4.78, 5) is 12.4. The number of carbonyl (C=O) groups excluding carboxylic acids is 1. The lowest BCUT2D eigenvalue weighted by Gasteiger charge is -2.25. The maximum absolute atomic E-state index is 11.8. The number of alkyl halides is 2. The molecule has 1 rings (SSSR count). The number of thiophene rings is 1. The van der Waals surface area contributed by atoms with Crippen LogP contribution in [-0.2, 0) is 0 Å². The van der Waals surface area contributed by atoms with Gasteiger partial charge in [-0.05, 0) is 19.1 Å². The molecule has 1 N–H and O–H groups in total. The Morgan fingerprint density at radius 3 is 2.53 bits per heavy atom. The third kappa shape index (κ3) is 3.73. The van der Waals surface area contributed by atoms with Crippen molar-refractivity contribution >= 4 is 60.7 Å². The van der Waals surface area contributed by atoms with Crippen LogP contribution >= 0.6 is 54.8 Å². The number of amides is 1. The van der Waals surface area contributed by atoms with Crippen LogP contribution in [0.15, 0.2) is 12.1 Å². The summed E-state index contributed by atoms with van der Waals surface area (Å²) in [5, 5.41) is 4.32. The molecular weight excluding hydrogens is 365 g/mol. The molecule has 0 radical (unpaired) electrons. The maximum atomic E-state index is 11.8. The minimum absolute atomic E-state index is 0.0895. The second kappa shape index (κ2) is 5.66. The molecule has 0 saturated carbocycles. The smallest absolute Gasteiger partial charge is 0.261 e. The van der Waals surface area contributed by atoms with E-state index in [-0.39, 0.29) is 11.4 Å². The van der Waals surface area contributed by atoms with E-state index in [1.54, 1.807) is 12.1 Å². The molecule has 2 nitrogen and oxygen atoms in total. The van der Waals surface area contributed by atoms with Gasteiger partial charge in [0.1, 0.15) is 0 Å². The van der Waals surface area contributed by atoms with Gasteiger partial charge in [0.25, 0.3) is 5.91 Å². The molecule has 15 heavy (non-hydrogen) atoms. The molecule has 0 unspecified atom stereocenters. The minimum atomic E-state index is -0.284. The number of hydrogen-bond donors (Lipinski definition) is 1. The van der Waals surface area contributed by atoms with E-state index in [0.29, 0.717) is 19.9 Å². The average Bonchev–Trinajstić information content (AvgIpc) is 2.65. The SMILES string of the molecule is CC(CBr)(CBr)NC(=O)c1ccc(Cl)s1. The first-order valence-electron chi connectivity index (χ1n) is 4.20. The Morgan fingerprint density at radius 1 is 1.53 bits per heavy atom. The Balaban J connectivity index is 2.71. The maximum Gasteiger partial charge on any atom is 0.261 e. The summed E-state index contributed by atoms with van der Waals surface area (Å²) in [6.07, 6.45) is 0. The fraction of sp³-hybridized carbons (Fsp3) is 0.444. The molecule has 0 fully saturated rings. The summed E-state index contributed by atoms with van der Waals surface area (Å²) >= 11 is 13.8. The zero-order valence-electron chi connectivity index (χ0n) is 8.02. The molecule has 0 aliphatic carbocycles. The van der Waals surface area contributed by atoms with Gasteiger partial charge in [0.05, 0.1) is 14.8 Å². The van der Waals surface area contributed by atoms with E-state index in [2.05, 4.69) is 37.2 Å². The van der Waals surface area contributed by atoms with E-state index in [0.717, 1.165) is 0 Å². The molecule has 0 aromatic carbocycles. The van der Waals surface area contributed by atoms with Gasteiger partial charge in [-0.1, -0.05) is 43.5 Å². The average molecular weight is 376 g/mol. The van der Waals surface area contributed by atoms with Crippen molar-refractivity contribution in [3.8, 4) is 0 Å². The molecule has 1 heterocycles. The zero-order valence-corrected chi connectivity index (χ0v) is 12.8. The fourth-order valence-corrected chi connectivity index (χ4v) is 3.02. The van der Waals surface area contributed by atoms with Gasteiger partial charge >= 0.3 is 0 Å². The van der Waals surface area contributed by atoms with Crippen molar-refractivity contribution in [2.24, 2.45) is 0 Å². The van der Waals surface area contributed by atoms with Gasteiger partial charge in [-0.2, -0.15) is 0 Å². The quantitative estimate of drug-likeness (QED) is 0.799. The minimum Gasteiger partial charge on any atom is -0.344 e. The topological polar surface area (TPSA) is 29.1 Å². The van der Waals surface area contributed by atoms with Crippen molar-refractivity contribution in [3.05, 3.63) is 21.3 Å². The van der Waals surface area contributed by atoms with Crippen molar-refractivity contribution < 1.29 is 4.79 Å². The largest absolute Gasteiger partial charge is 0.344 e. The van der Waals surface area contributed by atoms with Crippen molar-refractivity contribution in [2.75, 3.05) is 10.7 Å². The van der Waals surface area contributed by atoms with Crippen LogP contribution < -0.4 is 5.32 Å². The van der Waals surface area contributed by atoms with Crippen LogP contribution in [0.3, 0.4) is 0 Å². The molecule has 0 aliphatic rings. The highest BCUT2D eigenvalue weighted by atomic mass is 79.9. The molecule has 0 atom stereocenters. The van der Waals surface area contributed by atoms with Crippen LogP contribution in [0.5, 0.6) is 0 Å². The van der Waals surface area contributed by atoms with E-state index in [1.165, 1.54) is 11.3 Å². The zero-order chi connectivity index (χ0) is 11.5. The lowest BCUT2D eigenvalue weighted by atomic mass is 10.1. The van der Waals surface area contributed by atoms with Crippen LogP contribution in [0.1, 0.15) is 16.6 Å². The standard InChI is InChI=1S/C9H10Br2ClNOS/c1-9(4-10,5-11)13-8(14)6-2-3-7(12)15-6/h2-3H,4-5H2,1H3,(H,13,14). The van der Waals surface area contributed by atoms with Crippen molar-refractivity contribution in [2.45, 2.75) is 12.5 Å². The number of nitrogens with one attached hydrogen (secondary N) is 1. The predicted octanol–water partition coefficient (Wildman–Crippen LogP) is 3.68. The van der Waals surface area contributed by atoms with Crippen molar-refractivity contribution in [1.82, 2.24) is 5.32 Å². The molecule has 0 saturated heterocycles. The Hall–Kier alpha value is 0.420. The van der Waals surface area contributed by atoms with E-state index in [4.69, 9.17) is 11.6 Å². The molecule has 1 aromatic rings. The number of hydrogen-bond acceptors (Lipinski definition) is 2. The number of halogens is 3. The Labute approximate surface area is 115 Å². The molecule has 0 bridgehead atoms. The molecule has 1 amide bonds. The highest BCUT2D eigenvalue weighted by Crippen LogP contribution is 2.22. The fourth-order valence-electron chi connectivity index (χ4n) is 0.875. The normalized spacial score (nSPS) is 11.5. The lowest BCUT2D eigenvalue weighted by Crippen LogP contribution is -2.48. The Morgan fingerprint density at radius 2 is 2.13 bits per heavy atom. The lowest BCUT2D eigenvalue weighted by molar-refractivity contribution is 0.0927. The van der Waals surface area contributed by atoms with E-state index < -0.39 is 0 Å². The van der Waals surface area contributed by atoms with Gasteiger partial charge in [0.15, 0.2) is 0 Å². The van der Waals surface area contributed by atoms with Crippen LogP contribution in [0.25, 0.3) is 0 Å². The van der Waals surface area contributed by atoms with Gasteiger partial charge in [0.2, 0.25) is 0 Å². The predicted molar refractivity (Wildman–Crippen MR) is 72.8 cm³/mol. The second-order valence-electron chi connectivity index (χ2n) is 3.39. The van der Waals surface area contributed by atoms with Crippen LogP contribution in [0, 0.1) is 0 Å². The first kappa shape index (κ1) is 13.5. The van der Waals surface area contributed by atoms with E-state index in [1.807, 2.05) is 6.92 Å². The summed E-state index contributed by atoms with van der Waals surface area (Å²) < 4.78 is 0.625. The van der Waals surface area contributed by atoms with Gasteiger partial charge in [-0.3, -0.25) is 4.79 Å². The summed E-state index contributed by atoms with van der Waals surface area (Å²) in [5.41, 5.74) is -0.284. The van der Waals surface area contributed by atoms with E-state index >= 15 is 0 Å². The molecule has 84 valence electrons. The molecular formula is C9H10Br2ClNOS. The first-order chi connectivity index (χ1) is 7.00. The summed E-state index contributed by atoms with van der Waals surface area (Å²) in [6, 6.07) is 3.45. The summed E-state index contributed by atoms with van der Waals surface area (Å²) in [7, 11) is 0. The van der Waals surface area contributed by atoms with Gasteiger partial charge < -0.3 is 5.32 Å². The molecule has 0 aliphatic heterocycles. The van der Waals surface area contributed by atoms with Crippen LogP contribution in [0.4, 0.5) is 0 Å². The van der Waals surface area contributed by atoms with Crippen LogP contribution in [0.2, 0.25) is 4.34 Å². The third-order valence-corrected chi connectivity index (χ3v) is 5.51. The summed E-state index contributed by atoms with van der Waals surface area (Å²) in [5.74, 6) is -0.0895. The number of carbonyl (C=O) groups is 1. The second-order valence-corrected chi connectivity index (χ2v) is 6.22. The number of rotatable bonds is 4. The molecule has 1 aromatic heterocycles. The van der Waals surface area contributed by atoms with E-state index in [9.17, 15) is 4.79 Å². The third-order valence-electron chi connectivity index (χ3n) is 1.80. The highest BCUT2D eigenvalue weighted by Gasteiger charge is 2.24. The Bertz CT molecular complexity index is 352. The van der Waals surface area contributed by atoms with Crippen molar-refractivity contribution in [3.63, 3.8) is 0 Å². The molecule has 6 heteroatoms. The highest BCUT2D eigenvalue weighted by molar-refractivity contribution is 9.09. The van der Waals surface area contributed by atoms with Gasteiger partial charge in [-0.15, -0.1) is 11.3 Å².